The second-order valence-electron chi connectivity index (χ2n) is 6.52. The number of phenols is 1. The van der Waals surface area contributed by atoms with Crippen LogP contribution < -0.4 is 4.74 Å². The molecular weight excluding hydrogens is 276 g/mol. The monoisotopic (exact) mass is 308 g/mol. The Morgan fingerprint density at radius 3 is 2.41 bits per heavy atom. The smallest absolute Gasteiger partial charge is 0.160 e. The van der Waals surface area contributed by atoms with E-state index in [-0.39, 0.29) is 5.75 Å². The maximum absolute atomic E-state index is 10.5. The molecule has 0 amide bonds. The molecule has 0 heterocycles. The van der Waals surface area contributed by atoms with Crippen LogP contribution in [0, 0.1) is 0 Å². The molecule has 1 atom stereocenters. The van der Waals surface area contributed by atoms with E-state index in [1.807, 2.05) is 19.1 Å². The third kappa shape index (κ3) is 7.17. The molecule has 0 fully saturated rings. The van der Waals surface area contributed by atoms with Crippen molar-refractivity contribution in [3.8, 4) is 11.5 Å². The molecule has 1 aromatic rings. The summed E-state index contributed by atoms with van der Waals surface area (Å²) >= 11 is 0. The van der Waals surface area contributed by atoms with Gasteiger partial charge in [-0.1, -0.05) is 51.5 Å². The van der Waals surface area contributed by atoms with Crippen LogP contribution >= 0.6 is 0 Å². The standard InChI is InChI=1S/C19H32O3/c1-4-5-6-7-8-9-13-19(2,21)14-12-16-10-11-17(20)18(15-16)22-3/h10-11,15,20-21H,4-9,12-14H2,1-3H3. The van der Waals surface area contributed by atoms with Gasteiger partial charge in [0.15, 0.2) is 11.5 Å². The zero-order valence-corrected chi connectivity index (χ0v) is 14.4. The maximum atomic E-state index is 10.5. The Balaban J connectivity index is 2.32. The average molecular weight is 308 g/mol. The second-order valence-corrected chi connectivity index (χ2v) is 6.52. The first-order valence-corrected chi connectivity index (χ1v) is 8.57. The molecule has 0 saturated heterocycles. The largest absolute Gasteiger partial charge is 0.504 e. The van der Waals surface area contributed by atoms with E-state index in [0.29, 0.717) is 5.75 Å². The van der Waals surface area contributed by atoms with Gasteiger partial charge in [0.25, 0.3) is 0 Å². The van der Waals surface area contributed by atoms with Gasteiger partial charge in [0.05, 0.1) is 12.7 Å². The van der Waals surface area contributed by atoms with Crippen molar-refractivity contribution in [1.82, 2.24) is 0 Å². The van der Waals surface area contributed by atoms with Gasteiger partial charge in [-0.2, -0.15) is 0 Å². The molecule has 0 spiro atoms. The molecule has 0 aromatic heterocycles. The van der Waals surface area contributed by atoms with Gasteiger partial charge in [0, 0.05) is 0 Å². The molecule has 0 bridgehead atoms. The lowest BCUT2D eigenvalue weighted by Gasteiger charge is -2.23. The van der Waals surface area contributed by atoms with Crippen molar-refractivity contribution in [2.75, 3.05) is 7.11 Å². The molecule has 3 heteroatoms. The third-order valence-electron chi connectivity index (χ3n) is 4.27. The van der Waals surface area contributed by atoms with Crippen molar-refractivity contribution in [1.29, 1.82) is 0 Å². The fourth-order valence-electron chi connectivity index (χ4n) is 2.70. The Labute approximate surface area is 135 Å². The summed E-state index contributed by atoms with van der Waals surface area (Å²) in [5.74, 6) is 0.651. The molecule has 22 heavy (non-hydrogen) atoms. The summed E-state index contributed by atoms with van der Waals surface area (Å²) in [4.78, 5) is 0. The van der Waals surface area contributed by atoms with Gasteiger partial charge < -0.3 is 14.9 Å². The Morgan fingerprint density at radius 2 is 1.73 bits per heavy atom. The third-order valence-corrected chi connectivity index (χ3v) is 4.27. The number of ether oxygens (including phenoxy) is 1. The second kappa shape index (κ2) is 9.73. The number of hydrogen-bond donors (Lipinski definition) is 2. The maximum Gasteiger partial charge on any atom is 0.160 e. The number of benzene rings is 1. The highest BCUT2D eigenvalue weighted by Gasteiger charge is 2.19. The molecule has 0 radical (unpaired) electrons. The topological polar surface area (TPSA) is 49.7 Å². The van der Waals surface area contributed by atoms with Crippen molar-refractivity contribution in [2.24, 2.45) is 0 Å². The van der Waals surface area contributed by atoms with E-state index in [0.717, 1.165) is 31.2 Å². The lowest BCUT2D eigenvalue weighted by Crippen LogP contribution is -2.24. The zero-order chi connectivity index (χ0) is 16.4. The summed E-state index contributed by atoms with van der Waals surface area (Å²) in [5.41, 5.74) is 0.466. The van der Waals surface area contributed by atoms with E-state index < -0.39 is 5.60 Å². The van der Waals surface area contributed by atoms with E-state index in [4.69, 9.17) is 4.74 Å². The number of unbranched alkanes of at least 4 members (excludes halogenated alkanes) is 5. The van der Waals surface area contributed by atoms with Crippen LogP contribution in [0.25, 0.3) is 0 Å². The molecule has 1 rings (SSSR count). The number of rotatable bonds is 11. The summed E-state index contributed by atoms with van der Waals surface area (Å²) in [6.07, 6.45) is 9.86. The van der Waals surface area contributed by atoms with Crippen LogP contribution in [0.2, 0.25) is 0 Å². The normalized spacial score (nSPS) is 13.8. The molecule has 0 saturated carbocycles. The Bertz CT molecular complexity index is 427. The average Bonchev–Trinajstić information content (AvgIpc) is 2.50. The van der Waals surface area contributed by atoms with Crippen molar-refractivity contribution in [3.63, 3.8) is 0 Å². The first-order valence-electron chi connectivity index (χ1n) is 8.57. The minimum absolute atomic E-state index is 0.157. The lowest BCUT2D eigenvalue weighted by atomic mass is 9.91. The Morgan fingerprint density at radius 1 is 1.05 bits per heavy atom. The number of phenolic OH excluding ortho intramolecular Hbond substituents is 1. The summed E-state index contributed by atoms with van der Waals surface area (Å²) < 4.78 is 5.12. The molecule has 0 aliphatic carbocycles. The van der Waals surface area contributed by atoms with Crippen molar-refractivity contribution in [2.45, 2.75) is 77.2 Å². The molecule has 0 aliphatic heterocycles. The number of aryl methyl sites for hydroxylation is 1. The van der Waals surface area contributed by atoms with E-state index >= 15 is 0 Å². The fourth-order valence-corrected chi connectivity index (χ4v) is 2.70. The molecule has 0 aliphatic rings. The first-order chi connectivity index (χ1) is 10.5. The van der Waals surface area contributed by atoms with Crippen molar-refractivity contribution >= 4 is 0 Å². The van der Waals surface area contributed by atoms with Gasteiger partial charge >= 0.3 is 0 Å². The van der Waals surface area contributed by atoms with Gasteiger partial charge in [-0.25, -0.2) is 0 Å². The van der Waals surface area contributed by atoms with E-state index in [1.54, 1.807) is 13.2 Å². The quantitative estimate of drug-likeness (QED) is 0.575. The van der Waals surface area contributed by atoms with Crippen LogP contribution in [-0.4, -0.2) is 22.9 Å². The van der Waals surface area contributed by atoms with E-state index in [1.165, 1.54) is 32.1 Å². The van der Waals surface area contributed by atoms with Crippen LogP contribution in [0.5, 0.6) is 11.5 Å². The molecule has 126 valence electrons. The van der Waals surface area contributed by atoms with Gasteiger partial charge in [-0.05, 0) is 43.9 Å². The summed E-state index contributed by atoms with van der Waals surface area (Å²) in [6, 6.07) is 5.38. The molecule has 2 N–H and O–H groups in total. The molecular formula is C19H32O3. The minimum Gasteiger partial charge on any atom is -0.504 e. The number of methoxy groups -OCH3 is 1. The van der Waals surface area contributed by atoms with Gasteiger partial charge in [0.2, 0.25) is 0 Å². The summed E-state index contributed by atoms with van der Waals surface area (Å²) in [6.45, 7) is 4.15. The molecule has 1 unspecified atom stereocenters. The van der Waals surface area contributed by atoms with Crippen LogP contribution in [0.4, 0.5) is 0 Å². The first kappa shape index (κ1) is 18.8. The SMILES string of the molecule is CCCCCCCCC(C)(O)CCc1ccc(O)c(OC)c1. The highest BCUT2D eigenvalue weighted by atomic mass is 16.5. The van der Waals surface area contributed by atoms with E-state index in [2.05, 4.69) is 6.92 Å². The van der Waals surface area contributed by atoms with Gasteiger partial charge in [-0.3, -0.25) is 0 Å². The van der Waals surface area contributed by atoms with Crippen LogP contribution in [0.3, 0.4) is 0 Å². The van der Waals surface area contributed by atoms with Gasteiger partial charge in [0.1, 0.15) is 0 Å². The highest BCUT2D eigenvalue weighted by Crippen LogP contribution is 2.28. The lowest BCUT2D eigenvalue weighted by molar-refractivity contribution is 0.0395. The molecule has 3 nitrogen and oxygen atoms in total. The zero-order valence-electron chi connectivity index (χ0n) is 14.4. The van der Waals surface area contributed by atoms with Crippen LogP contribution in [0.15, 0.2) is 18.2 Å². The highest BCUT2D eigenvalue weighted by molar-refractivity contribution is 5.41. The predicted molar refractivity (Wildman–Crippen MR) is 91.6 cm³/mol. The van der Waals surface area contributed by atoms with Crippen LogP contribution in [-0.2, 0) is 6.42 Å². The van der Waals surface area contributed by atoms with E-state index in [9.17, 15) is 10.2 Å². The summed E-state index contributed by atoms with van der Waals surface area (Å²) in [5, 5.41) is 20.1. The minimum atomic E-state index is -0.615. The Hall–Kier alpha value is -1.22. The number of aliphatic hydroxyl groups is 1. The molecule has 1 aromatic carbocycles. The van der Waals surface area contributed by atoms with Crippen LogP contribution in [0.1, 0.15) is 70.8 Å². The predicted octanol–water partition coefficient (Wildman–Crippen LogP) is 4.84. The van der Waals surface area contributed by atoms with Crippen molar-refractivity contribution < 1.29 is 14.9 Å². The number of hydrogen-bond acceptors (Lipinski definition) is 3. The number of aromatic hydroxyl groups is 1. The fraction of sp³-hybridized carbons (Fsp3) is 0.684. The van der Waals surface area contributed by atoms with Gasteiger partial charge in [-0.15, -0.1) is 0 Å². The summed E-state index contributed by atoms with van der Waals surface area (Å²) in [7, 11) is 1.55. The Kier molecular flexibility index (Phi) is 8.32. The van der Waals surface area contributed by atoms with Crippen molar-refractivity contribution in [3.05, 3.63) is 23.8 Å².